The fourth-order valence-electron chi connectivity index (χ4n) is 4.79. The smallest absolute Gasteiger partial charge is 0.273 e. The highest BCUT2D eigenvalue weighted by Crippen LogP contribution is 2.50. The number of carbonyl (C=O) groups is 2. The number of imidazole rings is 1. The molecule has 0 radical (unpaired) electrons. The highest BCUT2D eigenvalue weighted by molar-refractivity contribution is 7.09. The van der Waals surface area contributed by atoms with E-state index in [9.17, 15) is 9.59 Å². The molecule has 2 aromatic rings. The number of thiazole rings is 1. The number of rotatable bonds is 4. The summed E-state index contributed by atoms with van der Waals surface area (Å²) >= 11 is 1.48. The number of hydrogen-bond acceptors (Lipinski definition) is 5. The summed E-state index contributed by atoms with van der Waals surface area (Å²) in [4.78, 5) is 39.4. The first-order valence-corrected chi connectivity index (χ1v) is 10.8. The second-order valence-corrected chi connectivity index (χ2v) is 9.62. The van der Waals surface area contributed by atoms with Crippen molar-refractivity contribution >= 4 is 23.2 Å². The molecule has 2 aliphatic heterocycles. The minimum atomic E-state index is -0.552. The maximum atomic E-state index is 13.5. The molecule has 1 saturated carbocycles. The highest BCUT2D eigenvalue weighted by Gasteiger charge is 2.59. The van der Waals surface area contributed by atoms with Crippen LogP contribution in [0.25, 0.3) is 0 Å². The third kappa shape index (κ3) is 2.85. The van der Waals surface area contributed by atoms with E-state index in [1.165, 1.54) is 24.2 Å². The number of aromatic nitrogens is 3. The molecule has 2 amide bonds. The summed E-state index contributed by atoms with van der Waals surface area (Å²) in [6.45, 7) is 4.55. The zero-order valence-corrected chi connectivity index (χ0v) is 17.1. The van der Waals surface area contributed by atoms with Crippen LogP contribution in [0.15, 0.2) is 17.9 Å². The van der Waals surface area contributed by atoms with Gasteiger partial charge in [-0.25, -0.2) is 9.97 Å². The molecule has 7 nitrogen and oxygen atoms in total. The van der Waals surface area contributed by atoms with Crippen LogP contribution in [0.4, 0.5) is 0 Å². The van der Waals surface area contributed by atoms with Crippen LogP contribution in [-0.4, -0.2) is 62.3 Å². The van der Waals surface area contributed by atoms with E-state index in [0.717, 1.165) is 30.2 Å². The zero-order chi connectivity index (χ0) is 19.5. The standard InChI is InChI=1S/C20H25N5O2S/c1-13-22-17(10-28-13)18(26)25-8-15(16-9-23(2)12-21-16)20(11-25)5-6-24(19(20)27)7-14-3-4-14/h9-10,12,14-15H,3-8,11H2,1-2H3/t15-,20+/m0/s1. The van der Waals surface area contributed by atoms with Gasteiger partial charge in [0.25, 0.3) is 5.91 Å². The molecule has 3 aliphatic rings. The topological polar surface area (TPSA) is 71.3 Å². The van der Waals surface area contributed by atoms with Gasteiger partial charge in [0.15, 0.2) is 0 Å². The number of aryl methyl sites for hydroxylation is 2. The van der Waals surface area contributed by atoms with Gasteiger partial charge in [-0.3, -0.25) is 9.59 Å². The van der Waals surface area contributed by atoms with Crippen molar-refractivity contribution in [3.05, 3.63) is 34.3 Å². The van der Waals surface area contributed by atoms with Crippen molar-refractivity contribution in [2.24, 2.45) is 18.4 Å². The Labute approximate surface area is 168 Å². The molecule has 5 rings (SSSR count). The number of carbonyl (C=O) groups excluding carboxylic acids is 2. The molecule has 28 heavy (non-hydrogen) atoms. The quantitative estimate of drug-likeness (QED) is 0.789. The lowest BCUT2D eigenvalue weighted by Crippen LogP contribution is -2.41. The van der Waals surface area contributed by atoms with Crippen LogP contribution >= 0.6 is 11.3 Å². The van der Waals surface area contributed by atoms with Crippen LogP contribution in [0, 0.1) is 18.3 Å². The molecule has 0 N–H and O–H groups in total. The van der Waals surface area contributed by atoms with E-state index in [-0.39, 0.29) is 17.7 Å². The van der Waals surface area contributed by atoms with Crippen molar-refractivity contribution in [2.75, 3.05) is 26.2 Å². The van der Waals surface area contributed by atoms with Crippen molar-refractivity contribution in [3.63, 3.8) is 0 Å². The average molecular weight is 400 g/mol. The lowest BCUT2D eigenvalue weighted by Gasteiger charge is -2.27. The van der Waals surface area contributed by atoms with Gasteiger partial charge in [-0.2, -0.15) is 0 Å². The van der Waals surface area contributed by atoms with Crippen LogP contribution in [0.5, 0.6) is 0 Å². The molecular weight excluding hydrogens is 374 g/mol. The van der Waals surface area contributed by atoms with Crippen LogP contribution in [0.3, 0.4) is 0 Å². The lowest BCUT2D eigenvalue weighted by molar-refractivity contribution is -0.136. The van der Waals surface area contributed by atoms with Gasteiger partial charge in [0.1, 0.15) is 5.69 Å². The normalized spacial score (nSPS) is 27.4. The first-order valence-electron chi connectivity index (χ1n) is 9.95. The predicted molar refractivity (Wildman–Crippen MR) is 105 cm³/mol. The first kappa shape index (κ1) is 17.8. The molecule has 8 heteroatoms. The van der Waals surface area contributed by atoms with Crippen molar-refractivity contribution in [1.29, 1.82) is 0 Å². The predicted octanol–water partition coefficient (Wildman–Crippen LogP) is 2.05. The van der Waals surface area contributed by atoms with E-state index < -0.39 is 5.41 Å². The Kier molecular flexibility index (Phi) is 4.08. The van der Waals surface area contributed by atoms with Gasteiger partial charge < -0.3 is 14.4 Å². The maximum Gasteiger partial charge on any atom is 0.273 e. The van der Waals surface area contributed by atoms with Gasteiger partial charge >= 0.3 is 0 Å². The van der Waals surface area contributed by atoms with Crippen LogP contribution in [0.2, 0.25) is 0 Å². The summed E-state index contributed by atoms with van der Waals surface area (Å²) in [5.41, 5.74) is 0.845. The second kappa shape index (κ2) is 6.40. The molecule has 1 spiro atoms. The molecule has 148 valence electrons. The summed E-state index contributed by atoms with van der Waals surface area (Å²) in [6.07, 6.45) is 7.02. The van der Waals surface area contributed by atoms with E-state index in [2.05, 4.69) is 9.97 Å². The summed E-state index contributed by atoms with van der Waals surface area (Å²) in [5.74, 6) is 0.744. The van der Waals surface area contributed by atoms with Gasteiger partial charge in [0, 0.05) is 50.7 Å². The highest BCUT2D eigenvalue weighted by atomic mass is 32.1. The Morgan fingerprint density at radius 3 is 2.86 bits per heavy atom. The van der Waals surface area contributed by atoms with E-state index in [1.807, 2.05) is 39.9 Å². The van der Waals surface area contributed by atoms with Crippen molar-refractivity contribution in [1.82, 2.24) is 24.3 Å². The first-order chi connectivity index (χ1) is 13.5. The monoisotopic (exact) mass is 399 g/mol. The third-order valence-electron chi connectivity index (χ3n) is 6.47. The largest absolute Gasteiger partial charge is 0.342 e. The van der Waals surface area contributed by atoms with Crippen LogP contribution in [0.1, 0.15) is 46.4 Å². The van der Waals surface area contributed by atoms with Crippen molar-refractivity contribution in [3.8, 4) is 0 Å². The molecule has 1 aliphatic carbocycles. The van der Waals surface area contributed by atoms with Gasteiger partial charge in [-0.1, -0.05) is 0 Å². The van der Waals surface area contributed by atoms with Crippen molar-refractivity contribution in [2.45, 2.75) is 32.1 Å². The van der Waals surface area contributed by atoms with Crippen LogP contribution in [-0.2, 0) is 11.8 Å². The molecular formula is C20H25N5O2S. The molecule has 0 aromatic carbocycles. The summed E-state index contributed by atoms with van der Waals surface area (Å²) in [5, 5.41) is 2.69. The zero-order valence-electron chi connectivity index (χ0n) is 16.3. The number of nitrogens with zero attached hydrogens (tertiary/aromatic N) is 5. The van der Waals surface area contributed by atoms with E-state index in [4.69, 9.17) is 0 Å². The van der Waals surface area contributed by atoms with E-state index in [0.29, 0.717) is 24.7 Å². The Bertz CT molecular complexity index is 933. The summed E-state index contributed by atoms with van der Waals surface area (Å²) < 4.78 is 1.92. The van der Waals surface area contributed by atoms with E-state index >= 15 is 0 Å². The lowest BCUT2D eigenvalue weighted by atomic mass is 9.75. The SMILES string of the molecule is Cc1nc(C(=O)N2C[C@@H](c3cn(C)cn3)[C@@]3(CCN(CC4CC4)C3=O)C2)cs1. The van der Waals surface area contributed by atoms with Gasteiger partial charge in [0.2, 0.25) is 5.91 Å². The van der Waals surface area contributed by atoms with Crippen molar-refractivity contribution < 1.29 is 9.59 Å². The molecule has 3 fully saturated rings. The Morgan fingerprint density at radius 1 is 1.39 bits per heavy atom. The minimum Gasteiger partial charge on any atom is -0.342 e. The maximum absolute atomic E-state index is 13.5. The Morgan fingerprint density at radius 2 is 2.21 bits per heavy atom. The summed E-state index contributed by atoms with van der Waals surface area (Å²) in [7, 11) is 1.94. The molecule has 2 atom stereocenters. The second-order valence-electron chi connectivity index (χ2n) is 8.55. The summed E-state index contributed by atoms with van der Waals surface area (Å²) in [6, 6.07) is 0. The fraction of sp³-hybridized carbons (Fsp3) is 0.600. The Hall–Kier alpha value is -2.22. The molecule has 4 heterocycles. The van der Waals surface area contributed by atoms with Gasteiger partial charge in [-0.05, 0) is 32.1 Å². The molecule has 2 saturated heterocycles. The third-order valence-corrected chi connectivity index (χ3v) is 7.24. The molecule has 0 bridgehead atoms. The van der Waals surface area contributed by atoms with Gasteiger partial charge in [0.05, 0.1) is 22.4 Å². The molecule has 0 unspecified atom stereocenters. The average Bonchev–Trinajstić information content (AvgIpc) is 3.01. The van der Waals surface area contributed by atoms with E-state index in [1.54, 1.807) is 6.33 Å². The minimum absolute atomic E-state index is 0.0610. The number of hydrogen-bond donors (Lipinski definition) is 0. The number of likely N-dealkylation sites (tertiary alicyclic amines) is 2. The Balaban J connectivity index is 1.46. The molecule has 2 aromatic heterocycles. The van der Waals surface area contributed by atoms with Crippen LogP contribution < -0.4 is 0 Å². The van der Waals surface area contributed by atoms with Gasteiger partial charge in [-0.15, -0.1) is 11.3 Å². The number of amides is 2. The fourth-order valence-corrected chi connectivity index (χ4v) is 5.38.